The second-order valence-electron chi connectivity index (χ2n) is 6.89. The van der Waals surface area contributed by atoms with Crippen LogP contribution in [0, 0.1) is 5.92 Å². The summed E-state index contributed by atoms with van der Waals surface area (Å²) in [6, 6.07) is 9.90. The van der Waals surface area contributed by atoms with Crippen LogP contribution in [0.25, 0.3) is 0 Å². The number of amides is 2. The Morgan fingerprint density at radius 3 is 2.42 bits per heavy atom. The van der Waals surface area contributed by atoms with Crippen LogP contribution in [0.2, 0.25) is 0 Å². The summed E-state index contributed by atoms with van der Waals surface area (Å²) in [5, 5.41) is 3.14. The molecule has 2 fully saturated rings. The van der Waals surface area contributed by atoms with Gasteiger partial charge in [-0.3, -0.25) is 0 Å². The fraction of sp³-hybridized carbons (Fsp3) is 0.556. The van der Waals surface area contributed by atoms with Gasteiger partial charge in [0.2, 0.25) is 0 Å². The summed E-state index contributed by atoms with van der Waals surface area (Å²) in [7, 11) is 0. The molecule has 1 spiro atoms. The van der Waals surface area contributed by atoms with Crippen LogP contribution in [-0.4, -0.2) is 42.4 Å². The molecule has 1 atom stereocenters. The minimum atomic E-state index is -0.600. The van der Waals surface area contributed by atoms with Crippen LogP contribution < -0.4 is 5.32 Å². The average Bonchev–Trinajstić information content (AvgIpc) is 2.94. The van der Waals surface area contributed by atoms with E-state index in [9.17, 15) is 9.59 Å². The first kappa shape index (κ1) is 16.6. The Morgan fingerprint density at radius 2 is 1.88 bits per heavy atom. The number of piperidine rings is 1. The van der Waals surface area contributed by atoms with Crippen molar-refractivity contribution in [3.8, 4) is 0 Å². The highest BCUT2D eigenvalue weighted by molar-refractivity contribution is 5.75. The molecule has 1 aromatic carbocycles. The number of hydrogen-bond acceptors (Lipinski definition) is 4. The van der Waals surface area contributed by atoms with E-state index in [1.54, 1.807) is 4.90 Å². The minimum absolute atomic E-state index is 0.0257. The summed E-state index contributed by atoms with van der Waals surface area (Å²) in [4.78, 5) is 25.6. The maximum absolute atomic E-state index is 12.6. The summed E-state index contributed by atoms with van der Waals surface area (Å²) in [6.45, 7) is 5.60. The van der Waals surface area contributed by atoms with E-state index in [0.29, 0.717) is 32.5 Å². The first-order valence-electron chi connectivity index (χ1n) is 8.45. The normalized spacial score (nSPS) is 20.6. The second-order valence-corrected chi connectivity index (χ2v) is 6.89. The highest BCUT2D eigenvalue weighted by atomic mass is 16.8. The number of carbonyl (C=O) groups is 2. The molecule has 130 valence electrons. The lowest BCUT2D eigenvalue weighted by molar-refractivity contribution is 0.00897. The van der Waals surface area contributed by atoms with Crippen LogP contribution in [0.5, 0.6) is 0 Å². The van der Waals surface area contributed by atoms with Crippen molar-refractivity contribution < 1.29 is 19.1 Å². The van der Waals surface area contributed by atoms with Crippen LogP contribution in [-0.2, 0) is 9.47 Å². The van der Waals surface area contributed by atoms with E-state index < -0.39 is 11.8 Å². The molecular formula is C18H24N2O4. The molecule has 2 aliphatic heterocycles. The largest absolute Gasteiger partial charge is 0.509 e. The lowest BCUT2D eigenvalue weighted by atomic mass is 9.92. The number of urea groups is 1. The Balaban J connectivity index is 1.60. The van der Waals surface area contributed by atoms with Gasteiger partial charge in [0.05, 0.1) is 6.04 Å². The molecule has 1 aromatic rings. The van der Waals surface area contributed by atoms with Crippen LogP contribution in [0.15, 0.2) is 30.3 Å². The fourth-order valence-electron chi connectivity index (χ4n) is 3.31. The predicted octanol–water partition coefficient (Wildman–Crippen LogP) is 3.09. The lowest BCUT2D eigenvalue weighted by Crippen LogP contribution is -2.51. The van der Waals surface area contributed by atoms with Gasteiger partial charge < -0.3 is 19.7 Å². The van der Waals surface area contributed by atoms with Crippen LogP contribution in [0.1, 0.15) is 38.3 Å². The maximum atomic E-state index is 12.6. The van der Waals surface area contributed by atoms with Gasteiger partial charge in [0.25, 0.3) is 0 Å². The van der Waals surface area contributed by atoms with Gasteiger partial charge in [0.15, 0.2) is 5.60 Å². The molecular weight excluding hydrogens is 308 g/mol. The van der Waals surface area contributed by atoms with Crippen molar-refractivity contribution in [1.29, 1.82) is 0 Å². The molecule has 6 heteroatoms. The number of ether oxygens (including phenoxy) is 2. The van der Waals surface area contributed by atoms with E-state index in [4.69, 9.17) is 9.47 Å². The van der Waals surface area contributed by atoms with Crippen molar-refractivity contribution >= 4 is 12.2 Å². The molecule has 0 saturated carbocycles. The summed E-state index contributed by atoms with van der Waals surface area (Å²) in [6.07, 6.45) is 0.630. The molecule has 0 radical (unpaired) electrons. The Hall–Kier alpha value is -2.24. The molecule has 2 saturated heterocycles. The summed E-state index contributed by atoms with van der Waals surface area (Å²) in [5.41, 5.74) is 0.567. The van der Waals surface area contributed by atoms with Gasteiger partial charge in [-0.05, 0) is 11.5 Å². The Bertz CT molecular complexity index is 594. The van der Waals surface area contributed by atoms with E-state index >= 15 is 0 Å². The van der Waals surface area contributed by atoms with Gasteiger partial charge >= 0.3 is 12.2 Å². The highest BCUT2D eigenvalue weighted by Crippen LogP contribution is 2.32. The number of nitrogens with one attached hydrogen (secondary N) is 1. The highest BCUT2D eigenvalue weighted by Gasteiger charge is 2.45. The number of cyclic esters (lactones) is 1. The van der Waals surface area contributed by atoms with E-state index in [0.717, 1.165) is 5.56 Å². The van der Waals surface area contributed by atoms with Crippen LogP contribution >= 0.6 is 0 Å². The van der Waals surface area contributed by atoms with E-state index in [1.165, 1.54) is 0 Å². The van der Waals surface area contributed by atoms with Crippen molar-refractivity contribution in [3.05, 3.63) is 35.9 Å². The lowest BCUT2D eigenvalue weighted by Gasteiger charge is -2.37. The van der Waals surface area contributed by atoms with E-state index in [1.807, 2.05) is 30.3 Å². The van der Waals surface area contributed by atoms with Gasteiger partial charge in [-0.2, -0.15) is 0 Å². The molecule has 0 unspecified atom stereocenters. The molecule has 0 aliphatic carbocycles. The number of likely N-dealkylation sites (tertiary alicyclic amines) is 1. The zero-order valence-electron chi connectivity index (χ0n) is 14.2. The molecule has 3 rings (SSSR count). The fourth-order valence-corrected chi connectivity index (χ4v) is 3.31. The molecule has 0 aromatic heterocycles. The maximum Gasteiger partial charge on any atom is 0.509 e. The van der Waals surface area contributed by atoms with Crippen molar-refractivity contribution in [1.82, 2.24) is 10.2 Å². The van der Waals surface area contributed by atoms with Crippen molar-refractivity contribution in [2.45, 2.75) is 38.3 Å². The van der Waals surface area contributed by atoms with E-state index in [-0.39, 0.29) is 18.0 Å². The number of rotatable bonds is 3. The molecule has 6 nitrogen and oxygen atoms in total. The number of hydrogen-bond donors (Lipinski definition) is 1. The smallest absolute Gasteiger partial charge is 0.430 e. The first-order valence-corrected chi connectivity index (χ1v) is 8.45. The van der Waals surface area contributed by atoms with Crippen molar-refractivity contribution in [2.75, 3.05) is 19.7 Å². The van der Waals surface area contributed by atoms with Gasteiger partial charge in [-0.1, -0.05) is 44.2 Å². The molecule has 2 aliphatic rings. The molecule has 0 bridgehead atoms. The quantitative estimate of drug-likeness (QED) is 0.864. The summed E-state index contributed by atoms with van der Waals surface area (Å²) < 4.78 is 10.2. The molecule has 1 N–H and O–H groups in total. The first-order chi connectivity index (χ1) is 11.5. The van der Waals surface area contributed by atoms with Gasteiger partial charge in [0, 0.05) is 25.9 Å². The molecule has 24 heavy (non-hydrogen) atoms. The zero-order valence-corrected chi connectivity index (χ0v) is 14.2. The summed E-state index contributed by atoms with van der Waals surface area (Å²) >= 11 is 0. The average molecular weight is 332 g/mol. The van der Waals surface area contributed by atoms with Gasteiger partial charge in [0.1, 0.15) is 6.61 Å². The Morgan fingerprint density at radius 1 is 1.21 bits per heavy atom. The zero-order chi connectivity index (χ0) is 17.2. The number of benzene rings is 1. The topological polar surface area (TPSA) is 67.9 Å². The second kappa shape index (κ2) is 6.71. The third-order valence-electron chi connectivity index (χ3n) is 4.82. The SMILES string of the molecule is CC(C)[C@@H](NC(=O)N1CCC2(CC1)COC(=O)O2)c1ccccc1. The van der Waals surface area contributed by atoms with Crippen LogP contribution in [0.4, 0.5) is 9.59 Å². The Kier molecular flexibility index (Phi) is 4.64. The Labute approximate surface area is 142 Å². The third kappa shape index (κ3) is 3.47. The van der Waals surface area contributed by atoms with Crippen LogP contribution in [0.3, 0.4) is 0 Å². The van der Waals surface area contributed by atoms with Gasteiger partial charge in [-0.15, -0.1) is 0 Å². The minimum Gasteiger partial charge on any atom is -0.430 e. The predicted molar refractivity (Wildman–Crippen MR) is 88.5 cm³/mol. The molecule has 2 amide bonds. The van der Waals surface area contributed by atoms with Crippen molar-refractivity contribution in [2.24, 2.45) is 5.92 Å². The number of nitrogens with zero attached hydrogens (tertiary/aromatic N) is 1. The van der Waals surface area contributed by atoms with Gasteiger partial charge in [-0.25, -0.2) is 9.59 Å². The number of carbonyl (C=O) groups excluding carboxylic acids is 2. The molecule has 2 heterocycles. The van der Waals surface area contributed by atoms with Crippen molar-refractivity contribution in [3.63, 3.8) is 0 Å². The van der Waals surface area contributed by atoms with E-state index in [2.05, 4.69) is 19.2 Å². The monoisotopic (exact) mass is 332 g/mol. The standard InChI is InChI=1S/C18H24N2O4/c1-13(2)15(14-6-4-3-5-7-14)19-16(21)20-10-8-18(9-11-20)12-23-17(22)24-18/h3-7,13,15H,8-12H2,1-2H3,(H,19,21)/t15-/m1/s1. The third-order valence-corrected chi connectivity index (χ3v) is 4.82. The summed E-state index contributed by atoms with van der Waals surface area (Å²) in [5.74, 6) is 0.289.